The van der Waals surface area contributed by atoms with Crippen molar-refractivity contribution in [2.45, 2.75) is 19.3 Å². The summed E-state index contributed by atoms with van der Waals surface area (Å²) < 4.78 is 5.04. The lowest BCUT2D eigenvalue weighted by Gasteiger charge is -1.98. The Morgan fingerprint density at radius 1 is 1.37 bits per heavy atom. The number of carboxylic acids is 1. The number of hydrogen-bond acceptors (Lipinski definition) is 4. The summed E-state index contributed by atoms with van der Waals surface area (Å²) in [7, 11) is 0. The van der Waals surface area contributed by atoms with Crippen molar-refractivity contribution in [2.24, 2.45) is 0 Å². The van der Waals surface area contributed by atoms with E-state index in [1.165, 1.54) is 0 Å². The molecule has 19 heavy (non-hydrogen) atoms. The molecule has 100 valence electrons. The number of aromatic nitrogens is 2. The minimum Gasteiger partial charge on any atom is -0.481 e. The van der Waals surface area contributed by atoms with Gasteiger partial charge in [-0.15, -0.1) is 0 Å². The molecule has 0 bridgehead atoms. The van der Waals surface area contributed by atoms with Gasteiger partial charge in [-0.1, -0.05) is 28.4 Å². The second-order valence-corrected chi connectivity index (χ2v) is 4.73. The highest BCUT2D eigenvalue weighted by Crippen LogP contribution is 2.28. The summed E-state index contributed by atoms with van der Waals surface area (Å²) in [4.78, 5) is 14.6. The molecule has 1 heterocycles. The molecule has 0 spiro atoms. The van der Waals surface area contributed by atoms with Gasteiger partial charge in [0, 0.05) is 23.4 Å². The number of halogens is 2. The van der Waals surface area contributed by atoms with Gasteiger partial charge >= 0.3 is 5.97 Å². The highest BCUT2D eigenvalue weighted by atomic mass is 35.5. The van der Waals surface area contributed by atoms with E-state index >= 15 is 0 Å². The van der Waals surface area contributed by atoms with Gasteiger partial charge in [-0.25, -0.2) is 0 Å². The normalized spacial score (nSPS) is 10.6. The zero-order valence-corrected chi connectivity index (χ0v) is 11.3. The first kappa shape index (κ1) is 13.8. The summed E-state index contributed by atoms with van der Waals surface area (Å²) in [6, 6.07) is 4.98. The van der Waals surface area contributed by atoms with Crippen LogP contribution in [0.4, 0.5) is 0 Å². The van der Waals surface area contributed by atoms with Crippen LogP contribution in [0.5, 0.6) is 0 Å². The standard InChI is InChI=1S/C12H10Cl2N2O3/c13-7-4-5-8(9(14)6-7)12-15-10(19-16-12)2-1-3-11(17)18/h4-6H,1-3H2,(H,17,18). The quantitative estimate of drug-likeness (QED) is 0.915. The van der Waals surface area contributed by atoms with Crippen LogP contribution in [0.25, 0.3) is 11.4 Å². The molecule has 1 aromatic heterocycles. The van der Waals surface area contributed by atoms with Gasteiger partial charge in [-0.2, -0.15) is 4.98 Å². The molecule has 0 aliphatic carbocycles. The summed E-state index contributed by atoms with van der Waals surface area (Å²) >= 11 is 11.8. The second kappa shape index (κ2) is 6.04. The van der Waals surface area contributed by atoms with Crippen LogP contribution >= 0.6 is 23.2 Å². The van der Waals surface area contributed by atoms with E-state index in [2.05, 4.69) is 10.1 Å². The number of carboxylic acid groups (broad SMARTS) is 1. The lowest BCUT2D eigenvalue weighted by Crippen LogP contribution is -1.96. The fourth-order valence-electron chi connectivity index (χ4n) is 1.53. The van der Waals surface area contributed by atoms with E-state index in [1.807, 2.05) is 0 Å². The molecule has 2 rings (SSSR count). The molecular weight excluding hydrogens is 291 g/mol. The first-order valence-electron chi connectivity index (χ1n) is 5.56. The molecule has 0 amide bonds. The van der Waals surface area contributed by atoms with Gasteiger partial charge < -0.3 is 9.63 Å². The van der Waals surface area contributed by atoms with Crippen LogP contribution in [-0.4, -0.2) is 21.2 Å². The van der Waals surface area contributed by atoms with Crippen molar-refractivity contribution in [3.8, 4) is 11.4 Å². The Balaban J connectivity index is 2.10. The van der Waals surface area contributed by atoms with Crippen molar-refractivity contribution in [1.29, 1.82) is 0 Å². The number of aliphatic carboxylic acids is 1. The molecule has 7 heteroatoms. The molecule has 0 saturated heterocycles. The summed E-state index contributed by atoms with van der Waals surface area (Å²) in [5.74, 6) is -0.0882. The maximum Gasteiger partial charge on any atom is 0.303 e. The molecule has 0 aliphatic rings. The molecule has 2 aromatic rings. The van der Waals surface area contributed by atoms with Crippen molar-refractivity contribution in [1.82, 2.24) is 10.1 Å². The van der Waals surface area contributed by atoms with Crippen LogP contribution in [0.2, 0.25) is 10.0 Å². The Morgan fingerprint density at radius 2 is 2.16 bits per heavy atom. The third-order valence-electron chi connectivity index (χ3n) is 2.42. The minimum absolute atomic E-state index is 0.0689. The monoisotopic (exact) mass is 300 g/mol. The Kier molecular flexibility index (Phi) is 4.39. The Morgan fingerprint density at radius 3 is 2.84 bits per heavy atom. The third-order valence-corrected chi connectivity index (χ3v) is 2.97. The first-order valence-corrected chi connectivity index (χ1v) is 6.31. The maximum atomic E-state index is 10.4. The summed E-state index contributed by atoms with van der Waals surface area (Å²) in [6.45, 7) is 0. The van der Waals surface area contributed by atoms with Gasteiger partial charge in [0.1, 0.15) is 0 Å². The van der Waals surface area contributed by atoms with E-state index in [4.69, 9.17) is 32.8 Å². The van der Waals surface area contributed by atoms with Crippen molar-refractivity contribution in [3.63, 3.8) is 0 Å². The predicted molar refractivity (Wildman–Crippen MR) is 70.3 cm³/mol. The molecule has 0 fully saturated rings. The molecule has 5 nitrogen and oxygen atoms in total. The molecular formula is C12H10Cl2N2O3. The highest BCUT2D eigenvalue weighted by molar-refractivity contribution is 6.36. The highest BCUT2D eigenvalue weighted by Gasteiger charge is 2.12. The fraction of sp³-hybridized carbons (Fsp3) is 0.250. The predicted octanol–water partition coefficient (Wildman–Crippen LogP) is 3.45. The van der Waals surface area contributed by atoms with Gasteiger partial charge in [0.2, 0.25) is 11.7 Å². The molecule has 0 aliphatic heterocycles. The molecule has 1 aromatic carbocycles. The largest absolute Gasteiger partial charge is 0.481 e. The van der Waals surface area contributed by atoms with Gasteiger partial charge in [-0.3, -0.25) is 4.79 Å². The van der Waals surface area contributed by atoms with Gasteiger partial charge in [0.05, 0.1) is 5.02 Å². The lowest BCUT2D eigenvalue weighted by molar-refractivity contribution is -0.137. The van der Waals surface area contributed by atoms with E-state index in [0.717, 1.165) is 0 Å². The second-order valence-electron chi connectivity index (χ2n) is 3.88. The maximum absolute atomic E-state index is 10.4. The zero-order chi connectivity index (χ0) is 13.8. The van der Waals surface area contributed by atoms with Crippen molar-refractivity contribution in [3.05, 3.63) is 34.1 Å². The summed E-state index contributed by atoms with van der Waals surface area (Å²) in [5, 5.41) is 13.3. The smallest absolute Gasteiger partial charge is 0.303 e. The number of carbonyl (C=O) groups is 1. The molecule has 0 radical (unpaired) electrons. The molecule has 0 atom stereocenters. The number of aryl methyl sites for hydroxylation is 1. The van der Waals surface area contributed by atoms with Crippen LogP contribution in [0.15, 0.2) is 22.7 Å². The van der Waals surface area contributed by atoms with Crippen LogP contribution < -0.4 is 0 Å². The van der Waals surface area contributed by atoms with E-state index in [0.29, 0.717) is 40.2 Å². The summed E-state index contributed by atoms with van der Waals surface area (Å²) in [5.41, 5.74) is 0.624. The van der Waals surface area contributed by atoms with Crippen molar-refractivity contribution < 1.29 is 14.4 Å². The zero-order valence-electron chi connectivity index (χ0n) is 9.77. The van der Waals surface area contributed by atoms with Crippen LogP contribution in [0.1, 0.15) is 18.7 Å². The lowest BCUT2D eigenvalue weighted by atomic mass is 10.2. The van der Waals surface area contributed by atoms with Gasteiger partial charge in [-0.05, 0) is 24.6 Å². The Bertz CT molecular complexity index is 598. The van der Waals surface area contributed by atoms with E-state index in [-0.39, 0.29) is 6.42 Å². The number of nitrogens with zero attached hydrogens (tertiary/aromatic N) is 2. The SMILES string of the molecule is O=C(O)CCCc1nc(-c2ccc(Cl)cc2Cl)no1. The fourth-order valence-corrected chi connectivity index (χ4v) is 2.02. The van der Waals surface area contributed by atoms with Crippen LogP contribution in [0, 0.1) is 0 Å². The van der Waals surface area contributed by atoms with Gasteiger partial charge in [0.25, 0.3) is 0 Å². The van der Waals surface area contributed by atoms with E-state index < -0.39 is 5.97 Å². The van der Waals surface area contributed by atoms with Crippen molar-refractivity contribution in [2.75, 3.05) is 0 Å². The topological polar surface area (TPSA) is 76.2 Å². The molecule has 1 N–H and O–H groups in total. The van der Waals surface area contributed by atoms with Crippen LogP contribution in [-0.2, 0) is 11.2 Å². The first-order chi connectivity index (χ1) is 9.06. The molecule has 0 unspecified atom stereocenters. The number of rotatable bonds is 5. The molecule has 0 saturated carbocycles. The Labute approximate surface area is 119 Å². The Hall–Kier alpha value is -1.59. The van der Waals surface area contributed by atoms with Gasteiger partial charge in [0.15, 0.2) is 0 Å². The summed E-state index contributed by atoms with van der Waals surface area (Å²) in [6.07, 6.45) is 0.940. The van der Waals surface area contributed by atoms with E-state index in [9.17, 15) is 4.79 Å². The average Bonchev–Trinajstić information content (AvgIpc) is 2.77. The average molecular weight is 301 g/mol. The third kappa shape index (κ3) is 3.68. The van der Waals surface area contributed by atoms with E-state index in [1.54, 1.807) is 18.2 Å². The van der Waals surface area contributed by atoms with Crippen molar-refractivity contribution >= 4 is 29.2 Å². The number of benzene rings is 1. The minimum atomic E-state index is -0.847. The number of hydrogen-bond donors (Lipinski definition) is 1. The van der Waals surface area contributed by atoms with Crippen LogP contribution in [0.3, 0.4) is 0 Å².